The number of hydrogen-bond acceptors (Lipinski definition) is 6. The van der Waals surface area contributed by atoms with Crippen molar-refractivity contribution in [1.82, 2.24) is 4.31 Å². The van der Waals surface area contributed by atoms with Crippen LogP contribution in [0.1, 0.15) is 19.3 Å². The Labute approximate surface area is 191 Å². The number of fused-ring (bicyclic) bond motifs is 1. The minimum absolute atomic E-state index is 0.0216. The van der Waals surface area contributed by atoms with Gasteiger partial charge in [-0.2, -0.15) is 4.31 Å². The molecule has 2 aromatic carbocycles. The van der Waals surface area contributed by atoms with Crippen LogP contribution in [0.4, 0.5) is 5.69 Å². The maximum atomic E-state index is 13.0. The fourth-order valence-electron chi connectivity index (χ4n) is 3.48. The Hall–Kier alpha value is -1.94. The standard InChI is InChI=1S/C21H23ClN2O5S2/c22-17-6-4-15(12-20(17)31(26,27)24-8-2-1-3-9-24)23-21(25)14-30-16-5-7-18-19(13-16)29-11-10-28-18/h4-7,12-13H,1-3,8-11,14H2,(H,23,25). The molecule has 166 valence electrons. The van der Waals surface area contributed by atoms with Gasteiger partial charge in [0.15, 0.2) is 11.5 Å². The maximum absolute atomic E-state index is 13.0. The molecule has 0 saturated carbocycles. The zero-order chi connectivity index (χ0) is 21.8. The van der Waals surface area contributed by atoms with Crippen LogP contribution in [0.25, 0.3) is 0 Å². The average Bonchev–Trinajstić information content (AvgIpc) is 2.79. The molecule has 1 fully saturated rings. The Bertz CT molecular complexity index is 1070. The lowest BCUT2D eigenvalue weighted by molar-refractivity contribution is -0.113. The van der Waals surface area contributed by atoms with E-state index in [9.17, 15) is 13.2 Å². The van der Waals surface area contributed by atoms with E-state index >= 15 is 0 Å². The lowest BCUT2D eigenvalue weighted by atomic mass is 10.2. The summed E-state index contributed by atoms with van der Waals surface area (Å²) >= 11 is 7.55. The number of halogens is 1. The van der Waals surface area contributed by atoms with Crippen molar-refractivity contribution in [3.63, 3.8) is 0 Å². The number of anilines is 1. The molecular weight excluding hydrogens is 460 g/mol. The number of nitrogens with one attached hydrogen (secondary N) is 1. The molecule has 0 unspecified atom stereocenters. The van der Waals surface area contributed by atoms with Gasteiger partial charge in [0.1, 0.15) is 18.1 Å². The molecule has 1 amide bonds. The number of piperidine rings is 1. The van der Waals surface area contributed by atoms with E-state index in [1.54, 1.807) is 6.07 Å². The van der Waals surface area contributed by atoms with Crippen molar-refractivity contribution in [3.8, 4) is 11.5 Å². The van der Waals surface area contributed by atoms with Gasteiger partial charge in [-0.3, -0.25) is 4.79 Å². The van der Waals surface area contributed by atoms with Crippen LogP contribution >= 0.6 is 23.4 Å². The highest BCUT2D eigenvalue weighted by molar-refractivity contribution is 8.00. The maximum Gasteiger partial charge on any atom is 0.244 e. The first-order chi connectivity index (χ1) is 14.9. The third-order valence-corrected chi connectivity index (χ3v) is 8.41. The van der Waals surface area contributed by atoms with Crippen molar-refractivity contribution in [2.75, 3.05) is 37.4 Å². The predicted octanol–water partition coefficient (Wildman–Crippen LogP) is 4.02. The second-order valence-corrected chi connectivity index (χ2v) is 10.6. The largest absolute Gasteiger partial charge is 0.486 e. The first kappa shape index (κ1) is 22.3. The second-order valence-electron chi connectivity index (χ2n) is 7.25. The van der Waals surface area contributed by atoms with E-state index in [2.05, 4.69) is 5.32 Å². The van der Waals surface area contributed by atoms with Crippen LogP contribution in [-0.4, -0.2) is 50.7 Å². The lowest BCUT2D eigenvalue weighted by Crippen LogP contribution is -2.35. The summed E-state index contributed by atoms with van der Waals surface area (Å²) in [7, 11) is -3.70. The second kappa shape index (κ2) is 9.68. The third-order valence-electron chi connectivity index (χ3n) is 5.03. The third kappa shape index (κ3) is 5.28. The van der Waals surface area contributed by atoms with Crippen molar-refractivity contribution in [2.45, 2.75) is 29.1 Å². The SMILES string of the molecule is O=C(CSc1ccc2c(c1)OCCO2)Nc1ccc(Cl)c(S(=O)(=O)N2CCCCC2)c1. The molecule has 10 heteroatoms. The van der Waals surface area contributed by atoms with E-state index < -0.39 is 10.0 Å². The molecule has 2 heterocycles. The number of carbonyl (C=O) groups is 1. The molecule has 0 aliphatic carbocycles. The van der Waals surface area contributed by atoms with Gasteiger partial charge in [-0.15, -0.1) is 11.8 Å². The van der Waals surface area contributed by atoms with Crippen LogP contribution in [-0.2, 0) is 14.8 Å². The first-order valence-electron chi connectivity index (χ1n) is 10.1. The number of nitrogens with zero attached hydrogens (tertiary/aromatic N) is 1. The smallest absolute Gasteiger partial charge is 0.244 e. The highest BCUT2D eigenvalue weighted by Crippen LogP contribution is 2.34. The number of thioether (sulfide) groups is 1. The molecule has 0 radical (unpaired) electrons. The monoisotopic (exact) mass is 482 g/mol. The summed E-state index contributed by atoms with van der Waals surface area (Å²) in [6, 6.07) is 10.1. The molecule has 7 nitrogen and oxygen atoms in total. The van der Waals surface area contributed by atoms with Crippen LogP contribution < -0.4 is 14.8 Å². The predicted molar refractivity (Wildman–Crippen MR) is 121 cm³/mol. The zero-order valence-electron chi connectivity index (χ0n) is 16.8. The van der Waals surface area contributed by atoms with Gasteiger partial charge < -0.3 is 14.8 Å². The van der Waals surface area contributed by atoms with Gasteiger partial charge in [-0.05, 0) is 49.2 Å². The number of rotatable bonds is 6. The fourth-order valence-corrected chi connectivity index (χ4v) is 6.22. The molecule has 2 aliphatic rings. The minimum Gasteiger partial charge on any atom is -0.486 e. The van der Waals surface area contributed by atoms with E-state index in [1.807, 2.05) is 18.2 Å². The van der Waals surface area contributed by atoms with Crippen molar-refractivity contribution < 1.29 is 22.7 Å². The van der Waals surface area contributed by atoms with E-state index in [4.69, 9.17) is 21.1 Å². The molecule has 31 heavy (non-hydrogen) atoms. The summed E-state index contributed by atoms with van der Waals surface area (Å²) in [5, 5.41) is 2.91. The molecular formula is C21H23ClN2O5S2. The van der Waals surface area contributed by atoms with Crippen molar-refractivity contribution >= 4 is 45.0 Å². The summed E-state index contributed by atoms with van der Waals surface area (Å²) in [4.78, 5) is 13.3. The van der Waals surface area contributed by atoms with Gasteiger partial charge in [0.2, 0.25) is 15.9 Å². The Kier molecular flexibility index (Phi) is 6.95. The highest BCUT2D eigenvalue weighted by Gasteiger charge is 2.28. The molecule has 2 aliphatic heterocycles. The average molecular weight is 483 g/mol. The Morgan fingerprint density at radius 1 is 1.03 bits per heavy atom. The van der Waals surface area contributed by atoms with Crippen LogP contribution in [0.2, 0.25) is 5.02 Å². The minimum atomic E-state index is -3.70. The van der Waals surface area contributed by atoms with E-state index in [-0.39, 0.29) is 21.6 Å². The molecule has 0 atom stereocenters. The lowest BCUT2D eigenvalue weighted by Gasteiger charge is -2.26. The summed E-state index contributed by atoms with van der Waals surface area (Å²) < 4.78 is 38.5. The Morgan fingerprint density at radius 2 is 1.77 bits per heavy atom. The van der Waals surface area contributed by atoms with E-state index in [0.29, 0.717) is 43.5 Å². The number of ether oxygens (including phenoxy) is 2. The summed E-state index contributed by atoms with van der Waals surface area (Å²) in [6.45, 7) is 2.00. The van der Waals surface area contributed by atoms with Crippen LogP contribution in [0.5, 0.6) is 11.5 Å². The van der Waals surface area contributed by atoms with Crippen molar-refractivity contribution in [2.24, 2.45) is 0 Å². The summed E-state index contributed by atoms with van der Waals surface area (Å²) in [5.41, 5.74) is 0.396. The number of carbonyl (C=O) groups excluding carboxylic acids is 1. The quantitative estimate of drug-likeness (QED) is 0.626. The van der Waals surface area contributed by atoms with Gasteiger partial charge in [-0.25, -0.2) is 8.42 Å². The van der Waals surface area contributed by atoms with E-state index in [1.165, 1.54) is 28.2 Å². The first-order valence-corrected chi connectivity index (χ1v) is 12.9. The van der Waals surface area contributed by atoms with Gasteiger partial charge >= 0.3 is 0 Å². The summed E-state index contributed by atoms with van der Waals surface area (Å²) in [6.07, 6.45) is 2.70. The summed E-state index contributed by atoms with van der Waals surface area (Å²) in [5.74, 6) is 1.28. The van der Waals surface area contributed by atoms with E-state index in [0.717, 1.165) is 24.2 Å². The van der Waals surface area contributed by atoms with Crippen LogP contribution in [0.15, 0.2) is 46.2 Å². The molecule has 0 aromatic heterocycles. The number of hydrogen-bond donors (Lipinski definition) is 1. The van der Waals surface area contributed by atoms with Gasteiger partial charge in [0.05, 0.1) is 10.8 Å². The molecule has 1 saturated heterocycles. The molecule has 1 N–H and O–H groups in total. The van der Waals surface area contributed by atoms with Gasteiger partial charge in [0.25, 0.3) is 0 Å². The number of benzene rings is 2. The molecule has 0 spiro atoms. The zero-order valence-corrected chi connectivity index (χ0v) is 19.2. The van der Waals surface area contributed by atoms with Crippen molar-refractivity contribution in [1.29, 1.82) is 0 Å². The van der Waals surface area contributed by atoms with Gasteiger partial charge in [-0.1, -0.05) is 18.0 Å². The molecule has 2 aromatic rings. The fraction of sp³-hybridized carbons (Fsp3) is 0.381. The highest BCUT2D eigenvalue weighted by atomic mass is 35.5. The Morgan fingerprint density at radius 3 is 2.55 bits per heavy atom. The van der Waals surface area contributed by atoms with Gasteiger partial charge in [0, 0.05) is 23.7 Å². The molecule has 4 rings (SSSR count). The van der Waals surface area contributed by atoms with Crippen molar-refractivity contribution in [3.05, 3.63) is 41.4 Å². The van der Waals surface area contributed by atoms with Crippen LogP contribution in [0.3, 0.4) is 0 Å². The topological polar surface area (TPSA) is 84.9 Å². The molecule has 0 bridgehead atoms. The number of sulfonamides is 1. The van der Waals surface area contributed by atoms with Crippen LogP contribution in [0, 0.1) is 0 Å². The normalized spacial score (nSPS) is 16.7. The Balaban J connectivity index is 1.41. The number of amides is 1.